The number of sulfonamides is 1. The van der Waals surface area contributed by atoms with E-state index in [1.165, 1.54) is 18.3 Å². The Bertz CT molecular complexity index is 1530. The number of carbonyl (C=O) groups is 2. The van der Waals surface area contributed by atoms with Gasteiger partial charge in [0.25, 0.3) is 0 Å². The number of rotatable bonds is 6. The molecule has 168 valence electrons. The first kappa shape index (κ1) is 22.0. The first-order chi connectivity index (χ1) is 15.5. The van der Waals surface area contributed by atoms with Crippen molar-refractivity contribution in [1.29, 1.82) is 0 Å². The Hall–Kier alpha value is -4.19. The fraction of sp³-hybridized carbons (Fsp3) is 0.0476. The number of amides is 1. The van der Waals surface area contributed by atoms with Crippen LogP contribution in [0.5, 0.6) is 0 Å². The van der Waals surface area contributed by atoms with Gasteiger partial charge in [0.1, 0.15) is 17.2 Å². The van der Waals surface area contributed by atoms with Crippen molar-refractivity contribution in [2.24, 2.45) is 5.73 Å². The van der Waals surface area contributed by atoms with Gasteiger partial charge in [0.15, 0.2) is 11.5 Å². The Balaban J connectivity index is 1.78. The Kier molecular flexibility index (Phi) is 5.38. The monoisotopic (exact) mass is 471 g/mol. The maximum Gasteiger partial charge on any atom is 0.248 e. The molecule has 0 saturated carbocycles. The molecule has 4 rings (SSSR count). The number of ketones is 1. The summed E-state index contributed by atoms with van der Waals surface area (Å²) < 4.78 is 53.5. The number of nitrogens with two attached hydrogens (primary N) is 1. The van der Waals surface area contributed by atoms with Gasteiger partial charge in [-0.3, -0.25) is 19.4 Å². The van der Waals surface area contributed by atoms with Crippen LogP contribution in [-0.4, -0.2) is 41.5 Å². The molecule has 0 fully saturated rings. The zero-order chi connectivity index (χ0) is 23.9. The van der Waals surface area contributed by atoms with E-state index in [-0.39, 0.29) is 16.7 Å². The molecule has 0 aliphatic rings. The Morgan fingerprint density at radius 1 is 1.06 bits per heavy atom. The Morgan fingerprint density at radius 2 is 1.76 bits per heavy atom. The Labute approximate surface area is 185 Å². The summed E-state index contributed by atoms with van der Waals surface area (Å²) >= 11 is 0. The van der Waals surface area contributed by atoms with Gasteiger partial charge in [-0.1, -0.05) is 12.1 Å². The van der Waals surface area contributed by atoms with Crippen LogP contribution in [0.1, 0.15) is 26.4 Å². The lowest BCUT2D eigenvalue weighted by molar-refractivity contribution is 0.0998. The van der Waals surface area contributed by atoms with Gasteiger partial charge in [0.05, 0.1) is 17.2 Å². The predicted molar refractivity (Wildman–Crippen MR) is 116 cm³/mol. The molecule has 0 saturated heterocycles. The number of hydrogen-bond acceptors (Lipinski definition) is 6. The summed E-state index contributed by atoms with van der Waals surface area (Å²) in [5.74, 6) is -4.03. The summed E-state index contributed by atoms with van der Waals surface area (Å²) in [5, 5.41) is 6.75. The van der Waals surface area contributed by atoms with Crippen molar-refractivity contribution < 1.29 is 26.8 Å². The number of halogens is 2. The van der Waals surface area contributed by atoms with Gasteiger partial charge < -0.3 is 5.73 Å². The van der Waals surface area contributed by atoms with Crippen molar-refractivity contribution in [1.82, 2.24) is 15.2 Å². The van der Waals surface area contributed by atoms with Gasteiger partial charge in [-0.05, 0) is 35.9 Å². The van der Waals surface area contributed by atoms with Gasteiger partial charge >= 0.3 is 0 Å². The third kappa shape index (κ3) is 4.28. The van der Waals surface area contributed by atoms with Crippen molar-refractivity contribution in [3.05, 3.63) is 77.1 Å². The van der Waals surface area contributed by atoms with Crippen LogP contribution in [0.15, 0.2) is 48.7 Å². The zero-order valence-electron chi connectivity index (χ0n) is 16.9. The molecular formula is C21H15F2N5O4S. The summed E-state index contributed by atoms with van der Waals surface area (Å²) in [7, 11) is -4.00. The van der Waals surface area contributed by atoms with Crippen LogP contribution in [0.4, 0.5) is 14.5 Å². The normalized spacial score (nSPS) is 11.5. The van der Waals surface area contributed by atoms with Gasteiger partial charge in [0.2, 0.25) is 21.7 Å². The second-order valence-corrected chi connectivity index (χ2v) is 8.87. The van der Waals surface area contributed by atoms with Crippen LogP contribution < -0.4 is 10.5 Å². The third-order valence-corrected chi connectivity index (χ3v) is 5.33. The molecule has 33 heavy (non-hydrogen) atoms. The fourth-order valence-corrected chi connectivity index (χ4v) is 3.75. The first-order valence-corrected chi connectivity index (χ1v) is 11.2. The molecule has 0 aliphatic carbocycles. The highest BCUT2D eigenvalue weighted by Gasteiger charge is 2.25. The minimum Gasteiger partial charge on any atom is -0.366 e. The number of nitrogens with zero attached hydrogens (tertiary/aromatic N) is 2. The van der Waals surface area contributed by atoms with Crippen molar-refractivity contribution >= 4 is 38.4 Å². The van der Waals surface area contributed by atoms with Crippen LogP contribution >= 0.6 is 0 Å². The molecule has 0 atom stereocenters. The lowest BCUT2D eigenvalue weighted by Crippen LogP contribution is -2.15. The second-order valence-electron chi connectivity index (χ2n) is 7.12. The second kappa shape index (κ2) is 8.06. The van der Waals surface area contributed by atoms with Crippen LogP contribution in [-0.2, 0) is 10.0 Å². The number of carbonyl (C=O) groups excluding carboxylic acids is 2. The van der Waals surface area contributed by atoms with E-state index in [4.69, 9.17) is 5.73 Å². The summed E-state index contributed by atoms with van der Waals surface area (Å²) in [4.78, 5) is 28.5. The number of primary amides is 1. The van der Waals surface area contributed by atoms with E-state index in [9.17, 15) is 26.8 Å². The number of pyridine rings is 1. The van der Waals surface area contributed by atoms with Crippen LogP contribution in [0.2, 0.25) is 0 Å². The van der Waals surface area contributed by atoms with E-state index >= 15 is 0 Å². The molecule has 9 nitrogen and oxygen atoms in total. The molecule has 2 aromatic carbocycles. The molecule has 1 amide bonds. The van der Waals surface area contributed by atoms with E-state index < -0.39 is 44.6 Å². The minimum absolute atomic E-state index is 0.191. The number of H-pyrrole nitrogens is 1. The molecule has 0 radical (unpaired) electrons. The summed E-state index contributed by atoms with van der Waals surface area (Å²) in [5.41, 5.74) is 5.32. The largest absolute Gasteiger partial charge is 0.366 e. The van der Waals surface area contributed by atoms with Crippen molar-refractivity contribution in [2.45, 2.75) is 0 Å². The lowest BCUT2D eigenvalue weighted by Gasteiger charge is -2.09. The lowest BCUT2D eigenvalue weighted by atomic mass is 10.0. The van der Waals surface area contributed by atoms with E-state index in [0.29, 0.717) is 16.7 Å². The number of nitrogens with one attached hydrogen (secondary N) is 2. The van der Waals surface area contributed by atoms with Gasteiger partial charge in [-0.2, -0.15) is 5.10 Å². The number of aromatic amines is 1. The number of benzene rings is 2. The van der Waals surface area contributed by atoms with Gasteiger partial charge in [-0.25, -0.2) is 22.2 Å². The number of fused-ring (bicyclic) bond motifs is 1. The van der Waals surface area contributed by atoms with Gasteiger partial charge in [-0.15, -0.1) is 0 Å². The SMILES string of the molecule is CS(=O)(=O)Nc1c(F)ccc(C(=O)c2n[nH]c3ncc(-c4ccc(C(N)=O)cc4)cc23)c1F. The third-order valence-electron chi connectivity index (χ3n) is 4.76. The standard InChI is InChI=1S/C21H15F2N5O4S/c1-33(31,32)28-18-15(22)7-6-13(16(18)23)19(29)17-14-8-12(9-25-21(14)27-26-17)10-2-4-11(5-3-10)20(24)30/h2-9,28H,1H3,(H2,24,30)(H,25,26,27). The molecule has 2 aromatic heterocycles. The molecule has 2 heterocycles. The zero-order valence-corrected chi connectivity index (χ0v) is 17.7. The number of anilines is 1. The van der Waals surface area contributed by atoms with E-state index in [1.807, 2.05) is 0 Å². The van der Waals surface area contributed by atoms with Crippen LogP contribution in [0.3, 0.4) is 0 Å². The van der Waals surface area contributed by atoms with E-state index in [1.54, 1.807) is 22.9 Å². The number of aromatic nitrogens is 3. The summed E-state index contributed by atoms with van der Waals surface area (Å²) in [6, 6.07) is 9.64. The molecule has 4 N–H and O–H groups in total. The molecule has 0 bridgehead atoms. The Morgan fingerprint density at radius 3 is 2.39 bits per heavy atom. The van der Waals surface area contributed by atoms with Crippen molar-refractivity contribution in [3.8, 4) is 11.1 Å². The summed E-state index contributed by atoms with van der Waals surface area (Å²) in [6.07, 6.45) is 2.24. The minimum atomic E-state index is -4.00. The smallest absolute Gasteiger partial charge is 0.248 e. The average molecular weight is 471 g/mol. The molecule has 0 unspecified atom stereocenters. The highest BCUT2D eigenvalue weighted by molar-refractivity contribution is 7.92. The van der Waals surface area contributed by atoms with E-state index in [0.717, 1.165) is 18.4 Å². The van der Waals surface area contributed by atoms with E-state index in [2.05, 4.69) is 15.2 Å². The summed E-state index contributed by atoms with van der Waals surface area (Å²) in [6.45, 7) is 0. The molecular weight excluding hydrogens is 456 g/mol. The highest BCUT2D eigenvalue weighted by Crippen LogP contribution is 2.28. The molecule has 4 aromatic rings. The maximum absolute atomic E-state index is 14.9. The topological polar surface area (TPSA) is 148 Å². The quantitative estimate of drug-likeness (QED) is 0.368. The number of hydrogen-bond donors (Lipinski definition) is 3. The van der Waals surface area contributed by atoms with Crippen molar-refractivity contribution in [2.75, 3.05) is 11.0 Å². The average Bonchev–Trinajstić information content (AvgIpc) is 3.19. The first-order valence-electron chi connectivity index (χ1n) is 9.30. The molecule has 12 heteroatoms. The van der Waals surface area contributed by atoms with Gasteiger partial charge in [0, 0.05) is 17.3 Å². The maximum atomic E-state index is 14.9. The van der Waals surface area contributed by atoms with Crippen LogP contribution in [0, 0.1) is 11.6 Å². The molecule has 0 spiro atoms. The van der Waals surface area contributed by atoms with Crippen molar-refractivity contribution in [3.63, 3.8) is 0 Å². The highest BCUT2D eigenvalue weighted by atomic mass is 32.2. The molecule has 0 aliphatic heterocycles. The predicted octanol–water partition coefficient (Wildman–Crippen LogP) is 2.60. The van der Waals surface area contributed by atoms with Crippen LogP contribution in [0.25, 0.3) is 22.2 Å². The fourth-order valence-electron chi connectivity index (χ4n) is 3.20.